The van der Waals surface area contributed by atoms with Gasteiger partial charge < -0.3 is 27.9 Å². The second kappa shape index (κ2) is 29.1. The van der Waals surface area contributed by atoms with Gasteiger partial charge in [0.1, 0.15) is 19.8 Å². The molecule has 0 aromatic rings. The van der Waals surface area contributed by atoms with E-state index in [4.69, 9.17) is 18.5 Å². The largest absolute Gasteiger partial charge is 0.756 e. The van der Waals surface area contributed by atoms with E-state index < -0.39 is 32.5 Å². The number of esters is 2. The molecule has 0 amide bonds. The highest BCUT2D eigenvalue weighted by Crippen LogP contribution is 2.38. The van der Waals surface area contributed by atoms with Crippen LogP contribution in [-0.4, -0.2) is 70.0 Å². The van der Waals surface area contributed by atoms with Crippen molar-refractivity contribution in [2.24, 2.45) is 0 Å². The number of hydrogen-bond acceptors (Lipinski definition) is 8. The van der Waals surface area contributed by atoms with Gasteiger partial charge in [0, 0.05) is 12.8 Å². The molecule has 0 rings (SSSR count). The standard InChI is InChI=1S/C36H64NO8P/c1-6-8-10-12-14-16-17-18-19-21-23-25-27-29-36(39)45-34(33-44-46(40,41)43-31-30-37(3,4)5)32-42-35(38)28-26-24-22-20-15-13-11-9-7-2/h8,10,14,16,18-19,23,25,34H,6-7,9,11-13,15,17,20-22,24,26-33H2,1-5H3/b10-8-,16-14-,19-18-,25-23-. The van der Waals surface area contributed by atoms with Crippen LogP contribution in [0.2, 0.25) is 0 Å². The topological polar surface area (TPSA) is 111 Å². The van der Waals surface area contributed by atoms with Gasteiger partial charge in [-0.05, 0) is 38.5 Å². The van der Waals surface area contributed by atoms with E-state index in [0.717, 1.165) is 44.9 Å². The van der Waals surface area contributed by atoms with Gasteiger partial charge in [0.25, 0.3) is 7.82 Å². The average molecular weight is 670 g/mol. The fourth-order valence-electron chi connectivity index (χ4n) is 4.14. The van der Waals surface area contributed by atoms with Crippen LogP contribution in [0, 0.1) is 0 Å². The number of phosphoric acid groups is 1. The van der Waals surface area contributed by atoms with Gasteiger partial charge in [0.05, 0.1) is 27.7 Å². The molecule has 10 heteroatoms. The van der Waals surface area contributed by atoms with E-state index in [2.05, 4.69) is 50.3 Å². The van der Waals surface area contributed by atoms with Gasteiger partial charge >= 0.3 is 11.9 Å². The first-order chi connectivity index (χ1) is 22.0. The highest BCUT2D eigenvalue weighted by atomic mass is 31.2. The molecule has 0 aliphatic heterocycles. The second-order valence-corrected chi connectivity index (χ2v) is 13.9. The highest BCUT2D eigenvalue weighted by Gasteiger charge is 2.21. The molecule has 2 atom stereocenters. The van der Waals surface area contributed by atoms with Crippen molar-refractivity contribution in [3.63, 3.8) is 0 Å². The first kappa shape index (κ1) is 44.0. The number of ether oxygens (including phenoxy) is 2. The summed E-state index contributed by atoms with van der Waals surface area (Å²) in [6.45, 7) is 3.96. The summed E-state index contributed by atoms with van der Waals surface area (Å²) in [6.07, 6.45) is 30.3. The van der Waals surface area contributed by atoms with Gasteiger partial charge in [0.2, 0.25) is 0 Å². The lowest BCUT2D eigenvalue weighted by molar-refractivity contribution is -0.870. The van der Waals surface area contributed by atoms with Crippen molar-refractivity contribution in [3.8, 4) is 0 Å². The Kier molecular flexibility index (Phi) is 27.8. The van der Waals surface area contributed by atoms with Crippen molar-refractivity contribution in [1.29, 1.82) is 0 Å². The number of nitrogens with zero attached hydrogens (tertiary/aromatic N) is 1. The summed E-state index contributed by atoms with van der Waals surface area (Å²) in [5.41, 5.74) is 0. The maximum Gasteiger partial charge on any atom is 0.306 e. The molecule has 0 saturated heterocycles. The lowest BCUT2D eigenvalue weighted by Crippen LogP contribution is -2.37. The summed E-state index contributed by atoms with van der Waals surface area (Å²) in [5, 5.41) is 0. The summed E-state index contributed by atoms with van der Waals surface area (Å²) in [5.74, 6) is -0.939. The molecule has 0 aromatic heterocycles. The van der Waals surface area contributed by atoms with Gasteiger partial charge in [0.15, 0.2) is 6.10 Å². The highest BCUT2D eigenvalue weighted by molar-refractivity contribution is 7.45. The van der Waals surface area contributed by atoms with Gasteiger partial charge in [-0.25, -0.2) is 0 Å². The van der Waals surface area contributed by atoms with Crippen molar-refractivity contribution < 1.29 is 42.1 Å². The molecule has 0 aliphatic rings. The average Bonchev–Trinajstić information content (AvgIpc) is 2.99. The van der Waals surface area contributed by atoms with Gasteiger partial charge in [-0.3, -0.25) is 14.2 Å². The third kappa shape index (κ3) is 31.9. The number of rotatable bonds is 30. The predicted octanol–water partition coefficient (Wildman–Crippen LogP) is 8.16. The molecule has 0 aromatic carbocycles. The molecule has 0 fully saturated rings. The van der Waals surface area contributed by atoms with Crippen molar-refractivity contribution in [3.05, 3.63) is 48.6 Å². The van der Waals surface area contributed by atoms with E-state index in [9.17, 15) is 19.0 Å². The van der Waals surface area contributed by atoms with Crippen LogP contribution in [0.25, 0.3) is 0 Å². The summed E-state index contributed by atoms with van der Waals surface area (Å²) < 4.78 is 33.5. The fourth-order valence-corrected chi connectivity index (χ4v) is 4.86. The number of unbranched alkanes of at least 4 members (excludes halogenated alkanes) is 8. The van der Waals surface area contributed by atoms with E-state index in [1.165, 1.54) is 38.5 Å². The van der Waals surface area contributed by atoms with Crippen LogP contribution in [0.4, 0.5) is 0 Å². The summed E-state index contributed by atoms with van der Waals surface area (Å²) in [4.78, 5) is 37.1. The van der Waals surface area contributed by atoms with Crippen molar-refractivity contribution in [2.45, 2.75) is 123 Å². The molecule has 2 unspecified atom stereocenters. The molecule has 9 nitrogen and oxygen atoms in total. The number of carbonyl (C=O) groups excluding carboxylic acids is 2. The van der Waals surface area contributed by atoms with Gasteiger partial charge in [-0.2, -0.15) is 0 Å². The van der Waals surface area contributed by atoms with Gasteiger partial charge in [-0.1, -0.05) is 114 Å². The summed E-state index contributed by atoms with van der Waals surface area (Å²) >= 11 is 0. The van der Waals surface area contributed by atoms with E-state index in [1.54, 1.807) is 0 Å². The van der Waals surface area contributed by atoms with Crippen LogP contribution < -0.4 is 4.89 Å². The molecular formula is C36H64NO8P. The number of allylic oxidation sites excluding steroid dienone is 8. The number of carbonyl (C=O) groups is 2. The first-order valence-electron chi connectivity index (χ1n) is 17.3. The van der Waals surface area contributed by atoms with Crippen LogP contribution in [0.5, 0.6) is 0 Å². The van der Waals surface area contributed by atoms with Crippen LogP contribution >= 0.6 is 7.82 Å². The Labute approximate surface area is 280 Å². The number of phosphoric ester groups is 1. The zero-order valence-electron chi connectivity index (χ0n) is 29.5. The maximum absolute atomic E-state index is 12.5. The zero-order chi connectivity index (χ0) is 34.4. The molecular weight excluding hydrogens is 605 g/mol. The Balaban J connectivity index is 4.63. The molecule has 0 saturated carbocycles. The molecule has 0 N–H and O–H groups in total. The third-order valence-electron chi connectivity index (χ3n) is 6.88. The van der Waals surface area contributed by atoms with Crippen molar-refractivity contribution in [2.75, 3.05) is 47.5 Å². The van der Waals surface area contributed by atoms with Crippen LogP contribution in [0.3, 0.4) is 0 Å². The lowest BCUT2D eigenvalue weighted by atomic mass is 10.1. The number of quaternary nitrogens is 1. The monoisotopic (exact) mass is 669 g/mol. The minimum Gasteiger partial charge on any atom is -0.756 e. The minimum atomic E-state index is -4.63. The predicted molar refractivity (Wildman–Crippen MR) is 185 cm³/mol. The minimum absolute atomic E-state index is 0.0443. The summed E-state index contributed by atoms with van der Waals surface area (Å²) in [6, 6.07) is 0. The van der Waals surface area contributed by atoms with E-state index in [1.807, 2.05) is 33.3 Å². The summed E-state index contributed by atoms with van der Waals surface area (Å²) in [7, 11) is 1.11. The fraction of sp³-hybridized carbons (Fsp3) is 0.722. The maximum atomic E-state index is 12.5. The van der Waals surface area contributed by atoms with Crippen LogP contribution in [0.1, 0.15) is 117 Å². The van der Waals surface area contributed by atoms with Gasteiger partial charge in [-0.15, -0.1) is 0 Å². The van der Waals surface area contributed by atoms with Crippen molar-refractivity contribution >= 4 is 19.8 Å². The molecule has 0 radical (unpaired) electrons. The zero-order valence-corrected chi connectivity index (χ0v) is 30.4. The first-order valence-corrected chi connectivity index (χ1v) is 18.8. The normalized spacial score (nSPS) is 14.5. The van der Waals surface area contributed by atoms with Crippen LogP contribution in [0.15, 0.2) is 48.6 Å². The Hall–Kier alpha value is -2.03. The molecule has 0 bridgehead atoms. The molecule has 0 aliphatic carbocycles. The number of hydrogen-bond donors (Lipinski definition) is 0. The molecule has 266 valence electrons. The lowest BCUT2D eigenvalue weighted by Gasteiger charge is -2.28. The Morgan fingerprint density at radius 2 is 1.24 bits per heavy atom. The van der Waals surface area contributed by atoms with E-state index in [-0.39, 0.29) is 26.1 Å². The second-order valence-electron chi connectivity index (χ2n) is 12.5. The Morgan fingerprint density at radius 3 is 1.80 bits per heavy atom. The molecule has 0 heterocycles. The Morgan fingerprint density at radius 1 is 0.696 bits per heavy atom. The SMILES string of the molecule is CC/C=C\C/C=C\C/C=C\C/C=C\CCC(=O)OC(COC(=O)CCCCCCCCCCC)COP(=O)([O-])OCC[N+](C)(C)C. The van der Waals surface area contributed by atoms with E-state index >= 15 is 0 Å². The molecule has 0 spiro atoms. The van der Waals surface area contributed by atoms with Crippen LogP contribution in [-0.2, 0) is 32.7 Å². The smallest absolute Gasteiger partial charge is 0.306 e. The molecule has 46 heavy (non-hydrogen) atoms. The quantitative estimate of drug-likeness (QED) is 0.0248. The number of likely N-dealkylation sites (N-methyl/N-ethyl adjacent to an activating group) is 1. The third-order valence-corrected chi connectivity index (χ3v) is 7.84. The Bertz CT molecular complexity index is 939. The van der Waals surface area contributed by atoms with Crippen molar-refractivity contribution in [1.82, 2.24) is 0 Å². The van der Waals surface area contributed by atoms with E-state index in [0.29, 0.717) is 17.4 Å².